The molecule has 0 saturated heterocycles. The number of rotatable bonds is 5. The lowest BCUT2D eigenvalue weighted by Crippen LogP contribution is -2.23. The minimum Gasteiger partial charge on any atom is -0.376 e. The van der Waals surface area contributed by atoms with Crippen molar-refractivity contribution >= 4 is 23.2 Å². The first-order chi connectivity index (χ1) is 11.0. The van der Waals surface area contributed by atoms with E-state index in [1.165, 1.54) is 4.90 Å². The Kier molecular flexibility index (Phi) is 5.36. The van der Waals surface area contributed by atoms with Gasteiger partial charge in [0, 0.05) is 31.0 Å². The van der Waals surface area contributed by atoms with Gasteiger partial charge in [-0.1, -0.05) is 24.3 Å². The summed E-state index contributed by atoms with van der Waals surface area (Å²) in [7, 11) is 3.39. The Morgan fingerprint density at radius 2 is 1.78 bits per heavy atom. The first-order valence-corrected chi connectivity index (χ1v) is 7.38. The molecule has 0 aliphatic rings. The van der Waals surface area contributed by atoms with Crippen molar-refractivity contribution in [2.75, 3.05) is 31.3 Å². The van der Waals surface area contributed by atoms with Crippen molar-refractivity contribution in [3.8, 4) is 0 Å². The third kappa shape index (κ3) is 4.57. The van der Waals surface area contributed by atoms with E-state index in [2.05, 4.69) is 10.6 Å². The highest BCUT2D eigenvalue weighted by molar-refractivity contribution is 5.98. The van der Waals surface area contributed by atoms with Gasteiger partial charge in [0.15, 0.2) is 0 Å². The highest BCUT2D eigenvalue weighted by Gasteiger charge is 2.09. The van der Waals surface area contributed by atoms with Crippen LogP contribution in [0.5, 0.6) is 0 Å². The van der Waals surface area contributed by atoms with Gasteiger partial charge in [0.2, 0.25) is 5.91 Å². The maximum atomic E-state index is 12.0. The molecule has 120 valence electrons. The van der Waals surface area contributed by atoms with E-state index in [-0.39, 0.29) is 18.4 Å². The quantitative estimate of drug-likeness (QED) is 0.892. The van der Waals surface area contributed by atoms with Gasteiger partial charge in [-0.05, 0) is 36.8 Å². The Bertz CT molecular complexity index is 711. The Hall–Kier alpha value is -2.82. The smallest absolute Gasteiger partial charge is 0.253 e. The van der Waals surface area contributed by atoms with Crippen molar-refractivity contribution in [1.82, 2.24) is 4.90 Å². The van der Waals surface area contributed by atoms with E-state index in [1.807, 2.05) is 31.2 Å². The lowest BCUT2D eigenvalue weighted by Gasteiger charge is -2.12. The summed E-state index contributed by atoms with van der Waals surface area (Å²) in [6.07, 6.45) is 0. The molecule has 5 nitrogen and oxygen atoms in total. The van der Waals surface area contributed by atoms with Crippen LogP contribution in [0.3, 0.4) is 0 Å². The third-order valence-corrected chi connectivity index (χ3v) is 3.38. The standard InChI is InChI=1S/C18H21N3O2/c1-13-7-4-5-10-16(13)19-12-17(22)20-15-9-6-8-14(11-15)18(23)21(2)3/h4-11,19H,12H2,1-3H3,(H,20,22). The minimum atomic E-state index is -0.164. The fourth-order valence-corrected chi connectivity index (χ4v) is 2.14. The van der Waals surface area contributed by atoms with E-state index in [1.54, 1.807) is 38.4 Å². The lowest BCUT2D eigenvalue weighted by molar-refractivity contribution is -0.114. The Morgan fingerprint density at radius 3 is 2.48 bits per heavy atom. The van der Waals surface area contributed by atoms with Gasteiger partial charge in [0.1, 0.15) is 0 Å². The summed E-state index contributed by atoms with van der Waals surface area (Å²) < 4.78 is 0. The number of nitrogens with zero attached hydrogens (tertiary/aromatic N) is 1. The summed E-state index contributed by atoms with van der Waals surface area (Å²) in [6.45, 7) is 2.15. The topological polar surface area (TPSA) is 61.4 Å². The summed E-state index contributed by atoms with van der Waals surface area (Å²) in [6, 6.07) is 14.7. The number of hydrogen-bond acceptors (Lipinski definition) is 3. The van der Waals surface area contributed by atoms with Crippen molar-refractivity contribution in [2.24, 2.45) is 0 Å². The fraction of sp³-hybridized carbons (Fsp3) is 0.222. The van der Waals surface area contributed by atoms with E-state index in [0.29, 0.717) is 11.3 Å². The van der Waals surface area contributed by atoms with E-state index in [4.69, 9.17) is 0 Å². The van der Waals surface area contributed by atoms with Crippen LogP contribution in [0.1, 0.15) is 15.9 Å². The number of para-hydroxylation sites is 1. The zero-order valence-corrected chi connectivity index (χ0v) is 13.6. The Morgan fingerprint density at radius 1 is 1.04 bits per heavy atom. The number of aryl methyl sites for hydroxylation is 1. The first kappa shape index (κ1) is 16.5. The van der Waals surface area contributed by atoms with Gasteiger partial charge < -0.3 is 15.5 Å². The van der Waals surface area contributed by atoms with Crippen LogP contribution in [0, 0.1) is 6.92 Å². The van der Waals surface area contributed by atoms with Crippen molar-refractivity contribution in [1.29, 1.82) is 0 Å². The number of carbonyl (C=O) groups excluding carboxylic acids is 2. The Labute approximate surface area is 136 Å². The maximum absolute atomic E-state index is 12.0. The van der Waals surface area contributed by atoms with E-state index >= 15 is 0 Å². The number of anilines is 2. The van der Waals surface area contributed by atoms with E-state index in [9.17, 15) is 9.59 Å². The third-order valence-electron chi connectivity index (χ3n) is 3.38. The van der Waals surface area contributed by atoms with E-state index in [0.717, 1.165) is 11.3 Å². The first-order valence-electron chi connectivity index (χ1n) is 7.38. The number of amides is 2. The normalized spacial score (nSPS) is 10.0. The van der Waals surface area contributed by atoms with Crippen LogP contribution >= 0.6 is 0 Å². The molecule has 0 fully saturated rings. The van der Waals surface area contributed by atoms with Gasteiger partial charge in [-0.25, -0.2) is 0 Å². The molecule has 0 heterocycles. The number of nitrogens with one attached hydrogen (secondary N) is 2. The van der Waals surface area contributed by atoms with Crippen molar-refractivity contribution < 1.29 is 9.59 Å². The monoisotopic (exact) mass is 311 g/mol. The average molecular weight is 311 g/mol. The molecule has 2 rings (SSSR count). The fourth-order valence-electron chi connectivity index (χ4n) is 2.14. The molecule has 0 aliphatic carbocycles. The predicted octanol–water partition coefficient (Wildman–Crippen LogP) is 2.75. The summed E-state index contributed by atoms with van der Waals surface area (Å²) in [4.78, 5) is 25.5. The second kappa shape index (κ2) is 7.45. The van der Waals surface area contributed by atoms with Gasteiger partial charge in [0.25, 0.3) is 5.91 Å². The molecule has 0 unspecified atom stereocenters. The zero-order chi connectivity index (χ0) is 16.8. The second-order valence-electron chi connectivity index (χ2n) is 5.50. The van der Waals surface area contributed by atoms with Crippen LogP contribution in [-0.2, 0) is 4.79 Å². The largest absolute Gasteiger partial charge is 0.376 e. The second-order valence-corrected chi connectivity index (χ2v) is 5.50. The van der Waals surface area contributed by atoms with Gasteiger partial charge in [-0.2, -0.15) is 0 Å². The lowest BCUT2D eigenvalue weighted by atomic mass is 10.2. The van der Waals surface area contributed by atoms with Crippen LogP contribution < -0.4 is 10.6 Å². The van der Waals surface area contributed by atoms with Gasteiger partial charge in [0.05, 0.1) is 6.54 Å². The molecule has 0 atom stereocenters. The average Bonchev–Trinajstić information content (AvgIpc) is 2.53. The maximum Gasteiger partial charge on any atom is 0.253 e. The molecule has 0 spiro atoms. The summed E-state index contributed by atoms with van der Waals surface area (Å²) >= 11 is 0. The highest BCUT2D eigenvalue weighted by atomic mass is 16.2. The summed E-state index contributed by atoms with van der Waals surface area (Å²) in [5.74, 6) is -0.262. The van der Waals surface area contributed by atoms with Crippen LogP contribution in [0.25, 0.3) is 0 Å². The molecule has 2 N–H and O–H groups in total. The molecule has 0 aliphatic heterocycles. The number of hydrogen-bond donors (Lipinski definition) is 2. The van der Waals surface area contributed by atoms with E-state index < -0.39 is 0 Å². The highest BCUT2D eigenvalue weighted by Crippen LogP contribution is 2.14. The molecule has 0 radical (unpaired) electrons. The molecule has 0 saturated carbocycles. The predicted molar refractivity (Wildman–Crippen MR) is 92.8 cm³/mol. The van der Waals surface area contributed by atoms with Gasteiger partial charge in [-0.15, -0.1) is 0 Å². The molecule has 2 amide bonds. The van der Waals surface area contributed by atoms with Gasteiger partial charge in [-0.3, -0.25) is 9.59 Å². The zero-order valence-electron chi connectivity index (χ0n) is 13.6. The molecule has 2 aromatic carbocycles. The van der Waals surface area contributed by atoms with Gasteiger partial charge >= 0.3 is 0 Å². The van der Waals surface area contributed by atoms with Crippen molar-refractivity contribution in [3.05, 3.63) is 59.7 Å². The van der Waals surface area contributed by atoms with Crippen molar-refractivity contribution in [2.45, 2.75) is 6.92 Å². The Balaban J connectivity index is 1.97. The molecule has 2 aromatic rings. The van der Waals surface area contributed by atoms with Crippen molar-refractivity contribution in [3.63, 3.8) is 0 Å². The van der Waals surface area contributed by atoms with Crippen LogP contribution in [0.4, 0.5) is 11.4 Å². The number of carbonyl (C=O) groups is 2. The summed E-state index contributed by atoms with van der Waals surface area (Å²) in [5, 5.41) is 5.89. The molecule has 23 heavy (non-hydrogen) atoms. The number of benzene rings is 2. The van der Waals surface area contributed by atoms with Crippen LogP contribution in [0.15, 0.2) is 48.5 Å². The molecule has 5 heteroatoms. The minimum absolute atomic E-state index is 0.0980. The van der Waals surface area contributed by atoms with Crippen LogP contribution in [-0.4, -0.2) is 37.4 Å². The SMILES string of the molecule is Cc1ccccc1NCC(=O)Nc1cccc(C(=O)N(C)C)c1. The summed E-state index contributed by atoms with van der Waals surface area (Å²) in [5.41, 5.74) is 3.16. The molecular weight excluding hydrogens is 290 g/mol. The molecule has 0 bridgehead atoms. The molecular formula is C18H21N3O2. The molecule has 0 aromatic heterocycles. The van der Waals surface area contributed by atoms with Crippen LogP contribution in [0.2, 0.25) is 0 Å².